The molecule has 0 unspecified atom stereocenters. The van der Waals surface area contributed by atoms with E-state index >= 15 is 0 Å². The molecule has 6 nitrogen and oxygen atoms in total. The lowest BCUT2D eigenvalue weighted by Gasteiger charge is -2.36. The smallest absolute Gasteiger partial charge is 0.236 e. The van der Waals surface area contributed by atoms with Gasteiger partial charge in [0.2, 0.25) is 5.91 Å². The van der Waals surface area contributed by atoms with Gasteiger partial charge in [-0.2, -0.15) is 0 Å². The van der Waals surface area contributed by atoms with Crippen LogP contribution in [0.25, 0.3) is 0 Å². The number of piperazine rings is 1. The number of hydrogen-bond acceptors (Lipinski definition) is 5. The fourth-order valence-electron chi connectivity index (χ4n) is 5.90. The van der Waals surface area contributed by atoms with Gasteiger partial charge in [0.1, 0.15) is 0 Å². The number of anilines is 1. The quantitative estimate of drug-likeness (QED) is 0.842. The first-order valence-electron chi connectivity index (χ1n) is 10.7. The van der Waals surface area contributed by atoms with Crippen molar-refractivity contribution >= 4 is 11.6 Å². The van der Waals surface area contributed by atoms with Gasteiger partial charge in [-0.3, -0.25) is 9.69 Å². The van der Waals surface area contributed by atoms with E-state index in [0.717, 1.165) is 45.6 Å². The summed E-state index contributed by atoms with van der Waals surface area (Å²) in [4.78, 5) is 19.7. The van der Waals surface area contributed by atoms with E-state index in [0.29, 0.717) is 19.0 Å². The van der Waals surface area contributed by atoms with E-state index in [1.165, 1.54) is 11.3 Å². The third-order valence-electron chi connectivity index (χ3n) is 7.45. The molecule has 4 aliphatic heterocycles. The summed E-state index contributed by atoms with van der Waals surface area (Å²) in [7, 11) is 0. The van der Waals surface area contributed by atoms with Crippen molar-refractivity contribution in [1.82, 2.24) is 9.80 Å². The van der Waals surface area contributed by atoms with Crippen molar-refractivity contribution in [2.75, 3.05) is 57.3 Å². The Balaban J connectivity index is 1.16. The second-order valence-electron chi connectivity index (χ2n) is 9.09. The van der Waals surface area contributed by atoms with Gasteiger partial charge < -0.3 is 19.6 Å². The van der Waals surface area contributed by atoms with Crippen LogP contribution in [-0.4, -0.2) is 84.9 Å². The van der Waals surface area contributed by atoms with E-state index in [4.69, 9.17) is 4.74 Å². The molecule has 0 radical (unpaired) electrons. The Kier molecular flexibility index (Phi) is 4.61. The molecule has 0 aliphatic carbocycles. The van der Waals surface area contributed by atoms with E-state index in [-0.39, 0.29) is 30.1 Å². The van der Waals surface area contributed by atoms with Gasteiger partial charge in [-0.15, -0.1) is 0 Å². The summed E-state index contributed by atoms with van der Waals surface area (Å²) in [6.07, 6.45) is 2.28. The largest absolute Gasteiger partial charge is 0.396 e. The van der Waals surface area contributed by atoms with Crippen LogP contribution in [0.1, 0.15) is 18.4 Å². The minimum absolute atomic E-state index is 0.169. The number of carbonyl (C=O) groups excluding carboxylic acids is 1. The third kappa shape index (κ3) is 3.02. The number of amides is 1. The highest BCUT2D eigenvalue weighted by Crippen LogP contribution is 2.54. The summed E-state index contributed by atoms with van der Waals surface area (Å²) in [6.45, 7) is 8.02. The number of aryl methyl sites for hydroxylation is 1. The average Bonchev–Trinajstić information content (AvgIpc) is 3.36. The highest BCUT2D eigenvalue weighted by molar-refractivity contribution is 5.79. The van der Waals surface area contributed by atoms with Crippen LogP contribution >= 0.6 is 0 Å². The van der Waals surface area contributed by atoms with E-state index in [2.05, 4.69) is 41.0 Å². The number of benzene rings is 1. The molecule has 1 spiro atoms. The number of ether oxygens (including phenoxy) is 1. The zero-order valence-corrected chi connectivity index (χ0v) is 16.7. The van der Waals surface area contributed by atoms with Gasteiger partial charge in [-0.1, -0.05) is 12.1 Å². The number of nitrogens with zero attached hydrogens (tertiary/aromatic N) is 3. The number of fused-ring (bicyclic) bond motifs is 1. The van der Waals surface area contributed by atoms with Crippen LogP contribution < -0.4 is 4.90 Å². The lowest BCUT2D eigenvalue weighted by molar-refractivity contribution is -0.133. The molecule has 1 amide bonds. The average molecular weight is 386 g/mol. The zero-order valence-electron chi connectivity index (χ0n) is 16.7. The summed E-state index contributed by atoms with van der Waals surface area (Å²) in [6, 6.07) is 8.64. The van der Waals surface area contributed by atoms with Gasteiger partial charge in [0, 0.05) is 56.9 Å². The summed E-state index contributed by atoms with van der Waals surface area (Å²) in [5, 5.41) is 9.76. The van der Waals surface area contributed by atoms with E-state index in [1.807, 2.05) is 4.90 Å². The second kappa shape index (κ2) is 7.01. The molecule has 1 N–H and O–H groups in total. The molecule has 4 atom stereocenters. The van der Waals surface area contributed by atoms with Gasteiger partial charge in [0.05, 0.1) is 24.8 Å². The summed E-state index contributed by atoms with van der Waals surface area (Å²) in [5.74, 6) is 0.749. The normalized spacial score (nSPS) is 34.9. The topological polar surface area (TPSA) is 56.2 Å². The first-order chi connectivity index (χ1) is 13.6. The minimum Gasteiger partial charge on any atom is -0.396 e. The van der Waals surface area contributed by atoms with Gasteiger partial charge in [-0.05, 0) is 37.5 Å². The molecule has 2 bridgehead atoms. The number of hydrogen-bond donors (Lipinski definition) is 1. The van der Waals surface area contributed by atoms with Crippen molar-refractivity contribution in [3.05, 3.63) is 29.8 Å². The fraction of sp³-hybridized carbons (Fsp3) is 0.682. The van der Waals surface area contributed by atoms with Crippen LogP contribution in [0.3, 0.4) is 0 Å². The van der Waals surface area contributed by atoms with Gasteiger partial charge in [-0.25, -0.2) is 0 Å². The van der Waals surface area contributed by atoms with Crippen molar-refractivity contribution in [2.24, 2.45) is 11.8 Å². The van der Waals surface area contributed by atoms with Crippen LogP contribution in [-0.2, 0) is 9.53 Å². The molecule has 1 aromatic carbocycles. The lowest BCUT2D eigenvalue weighted by atomic mass is 9.74. The van der Waals surface area contributed by atoms with Crippen LogP contribution in [0.15, 0.2) is 24.3 Å². The summed E-state index contributed by atoms with van der Waals surface area (Å²) < 4.78 is 6.26. The molecule has 4 fully saturated rings. The summed E-state index contributed by atoms with van der Waals surface area (Å²) >= 11 is 0. The molecule has 0 aromatic heterocycles. The minimum atomic E-state index is -0.169. The highest BCUT2D eigenvalue weighted by atomic mass is 16.5. The number of aliphatic hydroxyl groups is 1. The maximum absolute atomic E-state index is 13.0. The molecule has 4 aliphatic rings. The van der Waals surface area contributed by atoms with Crippen LogP contribution in [0, 0.1) is 18.8 Å². The molecule has 0 saturated carbocycles. The van der Waals surface area contributed by atoms with Crippen LogP contribution in [0.5, 0.6) is 0 Å². The van der Waals surface area contributed by atoms with E-state index in [9.17, 15) is 9.90 Å². The molecular formula is C22H31N3O3. The molecule has 4 saturated heterocycles. The first kappa shape index (κ1) is 18.4. The summed E-state index contributed by atoms with van der Waals surface area (Å²) in [5.41, 5.74) is 2.39. The van der Waals surface area contributed by atoms with Gasteiger partial charge >= 0.3 is 0 Å². The Morgan fingerprint density at radius 2 is 2.11 bits per heavy atom. The SMILES string of the molecule is Cc1cccc(N2CCN(CC(=O)N3C[C@H]4[C@@H](CO)[C@@H]5CC[C@@]4(C3)O5)CC2)c1. The molecule has 4 heterocycles. The maximum Gasteiger partial charge on any atom is 0.236 e. The Hall–Kier alpha value is -1.63. The molecule has 152 valence electrons. The number of likely N-dealkylation sites (tertiary alicyclic amines) is 1. The second-order valence-corrected chi connectivity index (χ2v) is 9.09. The number of aliphatic hydroxyl groups excluding tert-OH is 1. The van der Waals surface area contributed by atoms with E-state index in [1.54, 1.807) is 0 Å². The monoisotopic (exact) mass is 385 g/mol. The number of carbonyl (C=O) groups is 1. The highest BCUT2D eigenvalue weighted by Gasteiger charge is 2.63. The van der Waals surface area contributed by atoms with E-state index < -0.39 is 0 Å². The van der Waals surface area contributed by atoms with Gasteiger partial charge in [0.25, 0.3) is 0 Å². The van der Waals surface area contributed by atoms with Crippen LogP contribution in [0.2, 0.25) is 0 Å². The standard InChI is InChI=1S/C22H31N3O3/c1-16-3-2-4-17(11-16)24-9-7-23(8-10-24)13-21(27)25-12-19-18(14-26)20-5-6-22(19,15-25)28-20/h2-4,11,18-20,26H,5-10,12-15H2,1H3/t18-,19+,20+,22+/m1/s1. The fourth-order valence-corrected chi connectivity index (χ4v) is 5.90. The molecule has 6 heteroatoms. The van der Waals surface area contributed by atoms with Crippen molar-refractivity contribution in [1.29, 1.82) is 0 Å². The molecule has 28 heavy (non-hydrogen) atoms. The van der Waals surface area contributed by atoms with Crippen molar-refractivity contribution in [2.45, 2.75) is 31.5 Å². The molecule has 5 rings (SSSR count). The Morgan fingerprint density at radius 3 is 2.86 bits per heavy atom. The number of rotatable bonds is 4. The molecule has 1 aromatic rings. The third-order valence-corrected chi connectivity index (χ3v) is 7.45. The van der Waals surface area contributed by atoms with Crippen molar-refractivity contribution in [3.63, 3.8) is 0 Å². The zero-order chi connectivity index (χ0) is 19.3. The predicted octanol–water partition coefficient (Wildman–Crippen LogP) is 1.12. The van der Waals surface area contributed by atoms with Gasteiger partial charge in [0.15, 0.2) is 0 Å². The van der Waals surface area contributed by atoms with Crippen LogP contribution in [0.4, 0.5) is 5.69 Å². The Labute approximate surface area is 167 Å². The van der Waals surface area contributed by atoms with Crippen molar-refractivity contribution in [3.8, 4) is 0 Å². The lowest BCUT2D eigenvalue weighted by Crippen LogP contribution is -2.50. The molecular weight excluding hydrogens is 354 g/mol. The maximum atomic E-state index is 13.0. The predicted molar refractivity (Wildman–Crippen MR) is 107 cm³/mol. The Bertz CT molecular complexity index is 748. The first-order valence-corrected chi connectivity index (χ1v) is 10.7. The Morgan fingerprint density at radius 1 is 1.29 bits per heavy atom. The van der Waals surface area contributed by atoms with Crippen molar-refractivity contribution < 1.29 is 14.6 Å².